The first-order chi connectivity index (χ1) is 15.6. The third-order valence-corrected chi connectivity index (χ3v) is 5.50. The van der Waals surface area contributed by atoms with E-state index < -0.39 is 28.5 Å². The molecule has 1 aliphatic heterocycles. The van der Waals surface area contributed by atoms with Crippen LogP contribution in [0.3, 0.4) is 0 Å². The Balaban J connectivity index is 1.52. The van der Waals surface area contributed by atoms with Gasteiger partial charge in [0.2, 0.25) is 0 Å². The molecule has 0 saturated carbocycles. The van der Waals surface area contributed by atoms with E-state index in [1.54, 1.807) is 0 Å². The Hall–Kier alpha value is -3.28. The number of thioether (sulfide) groups is 1. The summed E-state index contributed by atoms with van der Waals surface area (Å²) in [5.41, 5.74) is -3.57. The summed E-state index contributed by atoms with van der Waals surface area (Å²) < 4.78 is 48.0. The summed E-state index contributed by atoms with van der Waals surface area (Å²) in [6, 6.07) is 10.2. The average molecular weight is 484 g/mol. The highest BCUT2D eigenvalue weighted by Crippen LogP contribution is 2.37. The lowest BCUT2D eigenvalue weighted by molar-refractivity contribution is -0.384. The molecule has 1 amide bonds. The van der Waals surface area contributed by atoms with Gasteiger partial charge in [-0.1, -0.05) is 12.1 Å². The van der Waals surface area contributed by atoms with E-state index in [9.17, 15) is 32.9 Å². The summed E-state index contributed by atoms with van der Waals surface area (Å²) in [4.78, 5) is 36.3. The van der Waals surface area contributed by atoms with Crippen LogP contribution in [0.1, 0.15) is 24.0 Å². The Bertz CT molecular complexity index is 1020. The molecular formula is C21H19F3N2O6S. The van der Waals surface area contributed by atoms with Gasteiger partial charge in [-0.15, -0.1) is 0 Å². The Morgan fingerprint density at radius 3 is 2.45 bits per heavy atom. The number of rotatable bonds is 7. The van der Waals surface area contributed by atoms with Gasteiger partial charge in [-0.3, -0.25) is 15.0 Å². The van der Waals surface area contributed by atoms with Gasteiger partial charge >= 0.3 is 17.6 Å². The van der Waals surface area contributed by atoms with Crippen LogP contribution in [0, 0.1) is 10.1 Å². The predicted molar refractivity (Wildman–Crippen MR) is 111 cm³/mol. The number of alkyl halides is 3. The van der Waals surface area contributed by atoms with Crippen molar-refractivity contribution in [1.29, 1.82) is 0 Å². The molecule has 2 aromatic carbocycles. The van der Waals surface area contributed by atoms with Gasteiger partial charge in [-0.2, -0.15) is 13.2 Å². The third kappa shape index (κ3) is 7.11. The van der Waals surface area contributed by atoms with Gasteiger partial charge in [0.25, 0.3) is 5.69 Å². The van der Waals surface area contributed by atoms with Gasteiger partial charge in [0, 0.05) is 23.6 Å². The van der Waals surface area contributed by atoms with Crippen LogP contribution < -0.4 is 0 Å². The number of nitro groups is 1. The van der Waals surface area contributed by atoms with E-state index in [0.717, 1.165) is 0 Å². The van der Waals surface area contributed by atoms with Crippen LogP contribution in [0.2, 0.25) is 0 Å². The molecule has 0 radical (unpaired) electrons. The monoisotopic (exact) mass is 484 g/mol. The maximum Gasteiger partial charge on any atom is 0.446 e. The van der Waals surface area contributed by atoms with E-state index in [2.05, 4.69) is 0 Å². The first kappa shape index (κ1) is 24.4. The van der Waals surface area contributed by atoms with Crippen molar-refractivity contribution >= 4 is 29.5 Å². The van der Waals surface area contributed by atoms with Crippen molar-refractivity contribution in [3.63, 3.8) is 0 Å². The second-order valence-electron chi connectivity index (χ2n) is 7.13. The number of hydrogen-bond acceptors (Lipinski definition) is 7. The number of esters is 1. The van der Waals surface area contributed by atoms with Crippen molar-refractivity contribution in [1.82, 2.24) is 4.90 Å². The molecule has 1 heterocycles. The summed E-state index contributed by atoms with van der Waals surface area (Å²) in [6.45, 7) is -0.0773. The quantitative estimate of drug-likeness (QED) is 0.235. The van der Waals surface area contributed by atoms with Crippen molar-refractivity contribution in [3.05, 3.63) is 69.8 Å². The van der Waals surface area contributed by atoms with Gasteiger partial charge in [0.1, 0.15) is 19.3 Å². The molecule has 33 heavy (non-hydrogen) atoms. The van der Waals surface area contributed by atoms with Crippen LogP contribution >= 0.6 is 11.8 Å². The number of benzene rings is 2. The highest BCUT2D eigenvalue weighted by molar-refractivity contribution is 8.00. The van der Waals surface area contributed by atoms with E-state index in [0.29, 0.717) is 24.0 Å². The molecule has 0 aromatic heterocycles. The smallest absolute Gasteiger partial charge is 0.446 e. The van der Waals surface area contributed by atoms with Crippen molar-refractivity contribution in [3.8, 4) is 0 Å². The Morgan fingerprint density at radius 2 is 1.79 bits per heavy atom. The number of hydrogen-bond donors (Lipinski definition) is 0. The summed E-state index contributed by atoms with van der Waals surface area (Å²) in [5.74, 6) is -0.633. The molecule has 0 aliphatic carbocycles. The fraction of sp³-hybridized carbons (Fsp3) is 0.333. The Kier molecular flexibility index (Phi) is 7.79. The molecule has 176 valence electrons. The minimum atomic E-state index is -4.42. The third-order valence-electron chi connectivity index (χ3n) is 4.78. The molecule has 1 atom stereocenters. The Morgan fingerprint density at radius 1 is 1.09 bits per heavy atom. The molecular weight excluding hydrogens is 465 g/mol. The number of carbonyl (C=O) groups is 2. The van der Waals surface area contributed by atoms with Gasteiger partial charge < -0.3 is 9.47 Å². The van der Waals surface area contributed by atoms with E-state index in [4.69, 9.17) is 9.47 Å². The molecule has 0 bridgehead atoms. The van der Waals surface area contributed by atoms with Crippen molar-refractivity contribution < 1.29 is 37.2 Å². The van der Waals surface area contributed by atoms with Crippen molar-refractivity contribution in [2.75, 3.05) is 6.54 Å². The van der Waals surface area contributed by atoms with Crippen molar-refractivity contribution in [2.24, 2.45) is 0 Å². The van der Waals surface area contributed by atoms with Crippen LogP contribution in [0.25, 0.3) is 0 Å². The highest BCUT2D eigenvalue weighted by atomic mass is 32.2. The second kappa shape index (κ2) is 10.6. The molecule has 8 nitrogen and oxygen atoms in total. The summed E-state index contributed by atoms with van der Waals surface area (Å²) in [6.07, 6.45) is 0.175. The van der Waals surface area contributed by atoms with E-state index in [1.165, 1.54) is 53.4 Å². The fourth-order valence-electron chi connectivity index (χ4n) is 3.26. The lowest BCUT2D eigenvalue weighted by Crippen LogP contribution is -2.41. The number of nitro benzene ring substituents is 1. The number of amides is 1. The molecule has 1 saturated heterocycles. The highest BCUT2D eigenvalue weighted by Gasteiger charge is 2.36. The molecule has 2 aromatic rings. The molecule has 0 spiro atoms. The number of ether oxygens (including phenoxy) is 2. The largest absolute Gasteiger partial charge is 0.459 e. The van der Waals surface area contributed by atoms with Crippen molar-refractivity contribution in [2.45, 2.75) is 42.5 Å². The maximum absolute atomic E-state index is 12.5. The molecule has 3 rings (SSSR count). The number of nitrogens with zero attached hydrogens (tertiary/aromatic N) is 2. The van der Waals surface area contributed by atoms with Crippen LogP contribution in [0.15, 0.2) is 53.4 Å². The maximum atomic E-state index is 12.5. The van der Waals surface area contributed by atoms with Crippen LogP contribution in [-0.4, -0.2) is 40.0 Å². The van der Waals surface area contributed by atoms with Crippen LogP contribution in [0.4, 0.5) is 23.7 Å². The molecule has 1 unspecified atom stereocenters. The average Bonchev–Trinajstić information content (AvgIpc) is 3.25. The van der Waals surface area contributed by atoms with Gasteiger partial charge in [0.15, 0.2) is 0 Å². The first-order valence-electron chi connectivity index (χ1n) is 9.80. The SMILES string of the molecule is O=C(OCc1ccc([N+](=O)[O-])cc1)C1CCCN1C(=O)OCc1cccc(SC(F)(F)F)c1. The van der Waals surface area contributed by atoms with Crippen LogP contribution in [0.5, 0.6) is 0 Å². The van der Waals surface area contributed by atoms with Crippen LogP contribution in [-0.2, 0) is 27.5 Å². The normalized spacial score (nSPS) is 15.8. The van der Waals surface area contributed by atoms with Gasteiger partial charge in [-0.05, 0) is 60.0 Å². The second-order valence-corrected chi connectivity index (χ2v) is 8.27. The van der Waals surface area contributed by atoms with Gasteiger partial charge in [-0.25, -0.2) is 9.59 Å². The lowest BCUT2D eigenvalue weighted by Gasteiger charge is -2.22. The number of halogens is 3. The zero-order chi connectivity index (χ0) is 24.0. The van der Waals surface area contributed by atoms with E-state index in [-0.39, 0.29) is 42.1 Å². The minimum Gasteiger partial charge on any atom is -0.459 e. The first-order valence-corrected chi connectivity index (χ1v) is 10.6. The number of carbonyl (C=O) groups excluding carboxylic acids is 2. The number of likely N-dealkylation sites (tertiary alicyclic amines) is 1. The molecule has 0 N–H and O–H groups in total. The molecule has 1 fully saturated rings. The summed E-state index contributed by atoms with van der Waals surface area (Å²) in [5, 5.41) is 10.7. The topological polar surface area (TPSA) is 99.0 Å². The lowest BCUT2D eigenvalue weighted by atomic mass is 10.2. The molecule has 1 aliphatic rings. The molecule has 12 heteroatoms. The summed E-state index contributed by atoms with van der Waals surface area (Å²) >= 11 is -0.261. The standard InChI is InChI=1S/C21H19F3N2O6S/c22-21(23,24)33-17-4-1-3-15(11-17)13-32-20(28)25-10-2-5-18(25)19(27)31-12-14-6-8-16(9-7-14)26(29)30/h1,3-4,6-9,11,18H,2,5,10,12-13H2. The summed E-state index contributed by atoms with van der Waals surface area (Å²) in [7, 11) is 0. The van der Waals surface area contributed by atoms with Gasteiger partial charge in [0.05, 0.1) is 4.92 Å². The van der Waals surface area contributed by atoms with E-state index >= 15 is 0 Å². The number of non-ortho nitro benzene ring substituents is 1. The fourth-order valence-corrected chi connectivity index (χ4v) is 3.88. The zero-order valence-corrected chi connectivity index (χ0v) is 17.9. The zero-order valence-electron chi connectivity index (χ0n) is 17.1. The minimum absolute atomic E-state index is 0.0232. The van der Waals surface area contributed by atoms with E-state index in [1.807, 2.05) is 0 Å². The Labute approximate surface area is 190 Å². The predicted octanol–water partition coefficient (Wildman–Crippen LogP) is 5.05.